The number of anilines is 1. The largest absolute Gasteiger partial charge is 0.361 e. The molecule has 3 N–H and O–H groups in total. The lowest BCUT2D eigenvalue weighted by molar-refractivity contribution is -0.117. The van der Waals surface area contributed by atoms with E-state index in [9.17, 15) is 13.2 Å². The highest BCUT2D eigenvalue weighted by Crippen LogP contribution is 2.21. The molecular weight excluding hydrogens is 432 g/mol. The Hall–Kier alpha value is -3.01. The number of sulfonamides is 1. The summed E-state index contributed by atoms with van der Waals surface area (Å²) in [6, 6.07) is 13.2. The second-order valence-electron chi connectivity index (χ2n) is 7.33. The standard InChI is InChI=1S/C22H22N4O3S2/c1-14-7-9-17(10-8-14)31(28,29)26-20(21(27)25-22-24-15(2)13-30-22)11-16-12-23-19-6-4-3-5-18(16)19/h3-10,12-13,20,23,26H,11H2,1-2H3,(H,24,25,27)/t20-/m0/s1. The van der Waals surface area contributed by atoms with Gasteiger partial charge in [-0.2, -0.15) is 4.72 Å². The van der Waals surface area contributed by atoms with E-state index in [1.165, 1.54) is 23.5 Å². The Balaban J connectivity index is 1.64. The molecule has 7 nitrogen and oxygen atoms in total. The first-order chi connectivity index (χ1) is 14.8. The molecule has 0 saturated carbocycles. The van der Waals surface area contributed by atoms with Crippen molar-refractivity contribution in [1.29, 1.82) is 0 Å². The zero-order valence-electron chi connectivity index (χ0n) is 17.0. The summed E-state index contributed by atoms with van der Waals surface area (Å²) in [5.41, 5.74) is 3.51. The van der Waals surface area contributed by atoms with Crippen LogP contribution in [-0.4, -0.2) is 30.3 Å². The lowest BCUT2D eigenvalue weighted by Crippen LogP contribution is -2.45. The van der Waals surface area contributed by atoms with E-state index in [1.807, 2.05) is 43.5 Å². The molecule has 0 bridgehead atoms. The molecule has 1 amide bonds. The molecule has 0 unspecified atom stereocenters. The lowest BCUT2D eigenvalue weighted by atomic mass is 10.1. The van der Waals surface area contributed by atoms with Crippen LogP contribution in [0.15, 0.2) is 65.0 Å². The number of H-pyrrole nitrogens is 1. The van der Waals surface area contributed by atoms with Crippen LogP contribution in [0.1, 0.15) is 16.8 Å². The molecule has 1 atom stereocenters. The van der Waals surface area contributed by atoms with Gasteiger partial charge in [-0.3, -0.25) is 4.79 Å². The van der Waals surface area contributed by atoms with E-state index in [-0.39, 0.29) is 11.3 Å². The minimum Gasteiger partial charge on any atom is -0.361 e. The summed E-state index contributed by atoms with van der Waals surface area (Å²) < 4.78 is 28.6. The van der Waals surface area contributed by atoms with Gasteiger partial charge in [0.25, 0.3) is 0 Å². The number of carbonyl (C=O) groups excluding carboxylic acids is 1. The number of aryl methyl sites for hydroxylation is 2. The Morgan fingerprint density at radius 2 is 1.87 bits per heavy atom. The van der Waals surface area contributed by atoms with E-state index < -0.39 is 22.0 Å². The van der Waals surface area contributed by atoms with Gasteiger partial charge in [0.15, 0.2) is 5.13 Å². The van der Waals surface area contributed by atoms with Crippen LogP contribution in [0.2, 0.25) is 0 Å². The highest BCUT2D eigenvalue weighted by atomic mass is 32.2. The van der Waals surface area contributed by atoms with E-state index in [0.717, 1.165) is 27.7 Å². The van der Waals surface area contributed by atoms with Gasteiger partial charge >= 0.3 is 0 Å². The van der Waals surface area contributed by atoms with Gasteiger partial charge in [-0.15, -0.1) is 11.3 Å². The van der Waals surface area contributed by atoms with Crippen molar-refractivity contribution in [3.05, 3.63) is 76.9 Å². The highest BCUT2D eigenvalue weighted by molar-refractivity contribution is 7.89. The number of nitrogens with one attached hydrogen (secondary N) is 3. The third-order valence-electron chi connectivity index (χ3n) is 4.89. The zero-order chi connectivity index (χ0) is 22.0. The zero-order valence-corrected chi connectivity index (χ0v) is 18.7. The second kappa shape index (κ2) is 8.62. The van der Waals surface area contributed by atoms with Crippen molar-refractivity contribution in [2.45, 2.75) is 31.2 Å². The third kappa shape index (κ3) is 4.84. The maximum Gasteiger partial charge on any atom is 0.244 e. The number of hydrogen-bond donors (Lipinski definition) is 3. The number of fused-ring (bicyclic) bond motifs is 1. The maximum atomic E-state index is 13.1. The summed E-state index contributed by atoms with van der Waals surface area (Å²) in [6.07, 6.45) is 1.99. The molecule has 2 heterocycles. The molecule has 0 aliphatic heterocycles. The summed E-state index contributed by atoms with van der Waals surface area (Å²) >= 11 is 1.30. The first-order valence-corrected chi connectivity index (χ1v) is 12.0. The minimum atomic E-state index is -3.90. The summed E-state index contributed by atoms with van der Waals surface area (Å²) in [4.78, 5) is 20.6. The van der Waals surface area contributed by atoms with Crippen LogP contribution in [0.25, 0.3) is 10.9 Å². The van der Waals surface area contributed by atoms with Crippen LogP contribution in [0, 0.1) is 13.8 Å². The molecule has 4 rings (SSSR count). The molecule has 9 heteroatoms. The summed E-state index contributed by atoms with van der Waals surface area (Å²) in [7, 11) is -3.90. The predicted molar refractivity (Wildman–Crippen MR) is 123 cm³/mol. The van der Waals surface area contributed by atoms with Crippen LogP contribution in [0.4, 0.5) is 5.13 Å². The number of para-hydroxylation sites is 1. The quantitative estimate of drug-likeness (QED) is 0.395. The number of benzene rings is 2. The molecule has 31 heavy (non-hydrogen) atoms. The molecule has 0 aliphatic rings. The van der Waals surface area contributed by atoms with Crippen LogP contribution in [-0.2, 0) is 21.2 Å². The van der Waals surface area contributed by atoms with Crippen LogP contribution < -0.4 is 10.0 Å². The Morgan fingerprint density at radius 1 is 1.13 bits per heavy atom. The third-order valence-corrected chi connectivity index (χ3v) is 7.26. The molecule has 0 aliphatic carbocycles. The second-order valence-corrected chi connectivity index (χ2v) is 9.91. The van der Waals surface area contributed by atoms with Crippen LogP contribution >= 0.6 is 11.3 Å². The van der Waals surface area contributed by atoms with Crippen LogP contribution in [0.5, 0.6) is 0 Å². The molecule has 2 aromatic heterocycles. The fourth-order valence-corrected chi connectivity index (χ4v) is 5.17. The highest BCUT2D eigenvalue weighted by Gasteiger charge is 2.27. The monoisotopic (exact) mass is 454 g/mol. The van der Waals surface area contributed by atoms with Gasteiger partial charge in [0.2, 0.25) is 15.9 Å². The molecule has 0 spiro atoms. The van der Waals surface area contributed by atoms with Crippen molar-refractivity contribution < 1.29 is 13.2 Å². The fraction of sp³-hybridized carbons (Fsp3) is 0.182. The van der Waals surface area contributed by atoms with E-state index >= 15 is 0 Å². The molecule has 0 saturated heterocycles. The van der Waals surface area contributed by atoms with Gasteiger partial charge < -0.3 is 10.3 Å². The number of amides is 1. The topological polar surface area (TPSA) is 104 Å². The average molecular weight is 455 g/mol. The molecule has 160 valence electrons. The van der Waals surface area contributed by atoms with Crippen molar-refractivity contribution in [1.82, 2.24) is 14.7 Å². The average Bonchev–Trinajstić information content (AvgIpc) is 3.33. The SMILES string of the molecule is Cc1ccc(S(=O)(=O)N[C@@H](Cc2c[nH]c3ccccc23)C(=O)Nc2nc(C)cs2)cc1. The van der Waals surface area contributed by atoms with E-state index in [1.54, 1.807) is 18.3 Å². The maximum absolute atomic E-state index is 13.1. The molecular formula is C22H22N4O3S2. The number of thiazole rings is 1. The Morgan fingerprint density at radius 3 is 2.58 bits per heavy atom. The van der Waals surface area contributed by atoms with Crippen molar-refractivity contribution in [3.63, 3.8) is 0 Å². The Bertz CT molecular complexity index is 1320. The first kappa shape index (κ1) is 21.2. The lowest BCUT2D eigenvalue weighted by Gasteiger charge is -2.18. The predicted octanol–water partition coefficient (Wildman–Crippen LogP) is 3.77. The van der Waals surface area contributed by atoms with Crippen LogP contribution in [0.3, 0.4) is 0 Å². The summed E-state index contributed by atoms with van der Waals surface area (Å²) in [6.45, 7) is 3.71. The number of aromatic amines is 1. The van der Waals surface area contributed by atoms with Gasteiger partial charge in [-0.05, 0) is 44.0 Å². The van der Waals surface area contributed by atoms with E-state index in [0.29, 0.717) is 5.13 Å². The smallest absolute Gasteiger partial charge is 0.244 e. The van der Waals surface area contributed by atoms with Crippen molar-refractivity contribution in [3.8, 4) is 0 Å². The van der Waals surface area contributed by atoms with Crippen molar-refractivity contribution >= 4 is 43.3 Å². The Labute approximate surface area is 184 Å². The molecule has 4 aromatic rings. The van der Waals surface area contributed by atoms with Gasteiger partial charge in [-0.1, -0.05) is 35.9 Å². The molecule has 0 radical (unpaired) electrons. The summed E-state index contributed by atoms with van der Waals surface area (Å²) in [5.74, 6) is -0.463. The fourth-order valence-electron chi connectivity index (χ4n) is 3.28. The number of carbonyl (C=O) groups is 1. The van der Waals surface area contributed by atoms with Gasteiger partial charge in [0.1, 0.15) is 6.04 Å². The number of hydrogen-bond acceptors (Lipinski definition) is 5. The normalized spacial score (nSPS) is 12.7. The minimum absolute atomic E-state index is 0.111. The first-order valence-electron chi connectivity index (χ1n) is 9.69. The van der Waals surface area contributed by atoms with E-state index in [4.69, 9.17) is 0 Å². The molecule has 0 fully saturated rings. The van der Waals surface area contributed by atoms with Gasteiger partial charge in [-0.25, -0.2) is 13.4 Å². The Kier molecular flexibility index (Phi) is 5.90. The molecule has 2 aromatic carbocycles. The van der Waals surface area contributed by atoms with Gasteiger partial charge in [0, 0.05) is 22.5 Å². The van der Waals surface area contributed by atoms with E-state index in [2.05, 4.69) is 20.0 Å². The van der Waals surface area contributed by atoms with Crippen molar-refractivity contribution in [2.75, 3.05) is 5.32 Å². The van der Waals surface area contributed by atoms with Crippen molar-refractivity contribution in [2.24, 2.45) is 0 Å². The summed E-state index contributed by atoms with van der Waals surface area (Å²) in [5, 5.41) is 5.93. The number of rotatable bonds is 7. The number of aromatic nitrogens is 2. The number of nitrogens with zero attached hydrogens (tertiary/aromatic N) is 1. The van der Waals surface area contributed by atoms with Gasteiger partial charge in [0.05, 0.1) is 10.6 Å².